The Balaban J connectivity index is 1.32. The Hall–Kier alpha value is -2.48. The van der Waals surface area contributed by atoms with Crippen LogP contribution in [0.15, 0.2) is 12.7 Å². The van der Waals surface area contributed by atoms with Crippen molar-refractivity contribution in [1.82, 2.24) is 30.2 Å². The van der Waals surface area contributed by atoms with Crippen molar-refractivity contribution in [2.24, 2.45) is 5.41 Å². The zero-order chi connectivity index (χ0) is 49.8. The van der Waals surface area contributed by atoms with Crippen LogP contribution in [0.3, 0.4) is 0 Å². The molecule has 8 atom stereocenters. The largest absolute Gasteiger partial charge is 0.481 e. The van der Waals surface area contributed by atoms with E-state index in [2.05, 4.69) is 41.3 Å². The molecule has 0 saturated carbocycles. The van der Waals surface area contributed by atoms with Gasteiger partial charge < -0.3 is 56.0 Å². The Labute approximate surface area is 393 Å². The number of carbonyl (C=O) groups excluding carboxylic acids is 3. The van der Waals surface area contributed by atoms with Crippen LogP contribution < -0.4 is 16.4 Å². The molecule has 3 unspecified atom stereocenters. The van der Waals surface area contributed by atoms with Gasteiger partial charge in [-0.25, -0.2) is 28.6 Å². The summed E-state index contributed by atoms with van der Waals surface area (Å²) in [6.07, 6.45) is 7.83. The Morgan fingerprint density at radius 2 is 1.48 bits per heavy atom. The molecule has 67 heavy (non-hydrogen) atoms. The van der Waals surface area contributed by atoms with Gasteiger partial charge in [0.15, 0.2) is 17.7 Å². The first-order valence-electron chi connectivity index (χ1n) is 22.2. The number of fused-ring (bicyclic) bond motifs is 1. The summed E-state index contributed by atoms with van der Waals surface area (Å²) in [5.41, 5.74) is 4.25. The number of aliphatic hydroxyl groups excluding tert-OH is 3. The van der Waals surface area contributed by atoms with Gasteiger partial charge in [-0.05, 0) is 6.42 Å². The van der Waals surface area contributed by atoms with Gasteiger partial charge in [0.2, 0.25) is 16.9 Å². The van der Waals surface area contributed by atoms with Crippen molar-refractivity contribution < 1.29 is 85.6 Å². The standard InChI is InChI=1S/C38H68N7O18P3S/c1-4-5-6-7-8-9-10-11-12-13-14-15-16-17-26(46)37(51)67-21-20-40-28(47)18-19-41-35(50)32(49)38(2,3)23-60-66(57,58)63-65(55,56)59-22-27-31(62-64(52,53)54)30(48)36(61-27)45-25-44-29-33(39)42-24-43-34(29)45/h24-27,30-32,36,46,48-49H,4-23H2,1-3H3,(H,40,47)(H,41,50)(H,55,56)(H,57,58)(H2,39,42,43)(H2,52,53,54)/t26?,27-,30-,31-,32+,36-/m1/s1. The van der Waals surface area contributed by atoms with Crippen LogP contribution >= 0.6 is 35.2 Å². The molecule has 1 aliphatic rings. The maximum atomic E-state index is 12.7. The van der Waals surface area contributed by atoms with Crippen LogP contribution in [0, 0.1) is 5.41 Å². The number of ether oxygens (including phenoxy) is 1. The molecule has 1 aliphatic heterocycles. The highest BCUT2D eigenvalue weighted by Gasteiger charge is 2.50. The molecule has 25 nitrogen and oxygen atoms in total. The number of nitrogens with one attached hydrogen (secondary N) is 2. The molecule has 1 fully saturated rings. The number of phosphoric ester groups is 3. The number of unbranched alkanes of at least 4 members (excludes halogenated alkanes) is 12. The summed E-state index contributed by atoms with van der Waals surface area (Å²) in [5.74, 6) is -1.28. The van der Waals surface area contributed by atoms with Gasteiger partial charge in [0.05, 0.1) is 19.5 Å². The molecule has 3 rings (SSSR count). The maximum Gasteiger partial charge on any atom is 0.481 e. The minimum atomic E-state index is -5.59. The quantitative estimate of drug-likeness (QED) is 0.0354. The maximum absolute atomic E-state index is 12.7. The van der Waals surface area contributed by atoms with Crippen LogP contribution in [-0.2, 0) is 50.7 Å². The smallest absolute Gasteiger partial charge is 0.386 e. The molecule has 0 bridgehead atoms. The number of rotatable bonds is 34. The van der Waals surface area contributed by atoms with Crippen molar-refractivity contribution >= 4 is 69.1 Å². The van der Waals surface area contributed by atoms with Crippen molar-refractivity contribution in [2.75, 3.05) is 37.8 Å². The predicted molar refractivity (Wildman–Crippen MR) is 243 cm³/mol. The lowest BCUT2D eigenvalue weighted by molar-refractivity contribution is -0.137. The molecule has 0 aromatic carbocycles. The van der Waals surface area contributed by atoms with E-state index in [0.717, 1.165) is 54.7 Å². The molecular formula is C38H68N7O18P3S. The number of carbonyl (C=O) groups is 3. The minimum absolute atomic E-state index is 0.0277. The number of thioether (sulfide) groups is 1. The van der Waals surface area contributed by atoms with Crippen LogP contribution in [0.2, 0.25) is 0 Å². The fourth-order valence-corrected chi connectivity index (χ4v) is 10.4. The molecule has 0 aliphatic carbocycles. The third kappa shape index (κ3) is 21.2. The highest BCUT2D eigenvalue weighted by molar-refractivity contribution is 8.13. The zero-order valence-electron chi connectivity index (χ0n) is 38.0. The third-order valence-electron chi connectivity index (χ3n) is 10.6. The fraction of sp³-hybridized carbons (Fsp3) is 0.789. The number of hydrogen-bond acceptors (Lipinski definition) is 19. The topological polar surface area (TPSA) is 384 Å². The van der Waals surface area contributed by atoms with Crippen LogP contribution in [0.25, 0.3) is 11.2 Å². The van der Waals surface area contributed by atoms with Gasteiger partial charge in [0.25, 0.3) is 0 Å². The molecule has 2 amide bonds. The van der Waals surface area contributed by atoms with Gasteiger partial charge in [-0.2, -0.15) is 4.31 Å². The van der Waals surface area contributed by atoms with Crippen molar-refractivity contribution in [3.8, 4) is 0 Å². The van der Waals surface area contributed by atoms with Crippen LogP contribution in [-0.4, -0.2) is 134 Å². The Morgan fingerprint density at radius 1 is 0.881 bits per heavy atom. The lowest BCUT2D eigenvalue weighted by atomic mass is 9.87. The number of nitrogens with two attached hydrogens (primary N) is 1. The summed E-state index contributed by atoms with van der Waals surface area (Å²) in [7, 11) is -16.4. The van der Waals surface area contributed by atoms with E-state index in [4.69, 9.17) is 19.5 Å². The number of aromatic nitrogens is 4. The van der Waals surface area contributed by atoms with Gasteiger partial charge in [-0.15, -0.1) is 0 Å². The number of hydrogen-bond donors (Lipinski definition) is 10. The molecule has 384 valence electrons. The normalized spacial score (nSPS) is 20.6. The number of anilines is 1. The van der Waals surface area contributed by atoms with Crippen LogP contribution in [0.4, 0.5) is 5.82 Å². The molecule has 0 radical (unpaired) electrons. The molecule has 29 heteroatoms. The van der Waals surface area contributed by atoms with Crippen molar-refractivity contribution in [3.63, 3.8) is 0 Å². The van der Waals surface area contributed by atoms with E-state index in [0.29, 0.717) is 6.42 Å². The van der Waals surface area contributed by atoms with E-state index in [1.165, 1.54) is 71.6 Å². The molecule has 1 saturated heterocycles. The summed E-state index contributed by atoms with van der Waals surface area (Å²) in [4.78, 5) is 88.4. The highest BCUT2D eigenvalue weighted by Crippen LogP contribution is 2.61. The molecule has 2 aromatic heterocycles. The van der Waals surface area contributed by atoms with Crippen LogP contribution in [0.1, 0.15) is 123 Å². The van der Waals surface area contributed by atoms with E-state index >= 15 is 0 Å². The number of imidazole rings is 1. The SMILES string of the molecule is CCCCCCCCCCCCCCCC(O)C(=O)SCCNC(=O)CCNC(=O)[C@H](O)C(C)(C)COP(=O)(O)OP(=O)(O)OC[C@H]1O[C@@H](n2cnc3c(N)ncnc32)[C@H](O)[C@@H]1OP(=O)(O)O. The molecule has 0 spiro atoms. The van der Waals surface area contributed by atoms with Gasteiger partial charge in [-0.1, -0.05) is 116 Å². The first kappa shape index (κ1) is 58.8. The summed E-state index contributed by atoms with van der Waals surface area (Å²) in [6.45, 7) is 2.58. The van der Waals surface area contributed by atoms with Gasteiger partial charge in [0, 0.05) is 30.7 Å². The average molecular weight is 1040 g/mol. The number of aliphatic hydroxyl groups is 3. The molecule has 11 N–H and O–H groups in total. The Morgan fingerprint density at radius 3 is 2.09 bits per heavy atom. The van der Waals surface area contributed by atoms with E-state index in [1.54, 1.807) is 0 Å². The number of amides is 2. The minimum Gasteiger partial charge on any atom is -0.386 e. The summed E-state index contributed by atoms with van der Waals surface area (Å²) < 4.78 is 62.4. The monoisotopic (exact) mass is 1040 g/mol. The second kappa shape index (κ2) is 28.4. The Bertz CT molecular complexity index is 2010. The Kier molecular flexibility index (Phi) is 24.9. The lowest BCUT2D eigenvalue weighted by Crippen LogP contribution is -2.46. The van der Waals surface area contributed by atoms with Gasteiger partial charge >= 0.3 is 23.5 Å². The average Bonchev–Trinajstić information content (AvgIpc) is 3.81. The number of nitrogens with zero attached hydrogens (tertiary/aromatic N) is 4. The first-order valence-corrected chi connectivity index (χ1v) is 27.7. The fourth-order valence-electron chi connectivity index (χ4n) is 6.85. The summed E-state index contributed by atoms with van der Waals surface area (Å²) in [5, 5.41) is 36.3. The second-order valence-corrected chi connectivity index (χ2v) is 22.1. The summed E-state index contributed by atoms with van der Waals surface area (Å²) in [6, 6.07) is 0. The third-order valence-corrected chi connectivity index (χ3v) is 14.7. The van der Waals surface area contributed by atoms with E-state index in [1.807, 2.05) is 0 Å². The predicted octanol–water partition coefficient (Wildman–Crippen LogP) is 3.51. The lowest BCUT2D eigenvalue weighted by Gasteiger charge is -2.30. The number of nitrogen functional groups attached to an aromatic ring is 1. The summed E-state index contributed by atoms with van der Waals surface area (Å²) >= 11 is 0.914. The van der Waals surface area contributed by atoms with Crippen molar-refractivity contribution in [2.45, 2.75) is 154 Å². The van der Waals surface area contributed by atoms with E-state index < -0.39 is 90.7 Å². The number of phosphoric acid groups is 3. The molecular weight excluding hydrogens is 967 g/mol. The van der Waals surface area contributed by atoms with E-state index in [9.17, 15) is 63.0 Å². The first-order chi connectivity index (χ1) is 31.5. The van der Waals surface area contributed by atoms with Crippen molar-refractivity contribution in [3.05, 3.63) is 12.7 Å². The second-order valence-electron chi connectivity index (χ2n) is 16.8. The molecule has 2 aromatic rings. The van der Waals surface area contributed by atoms with Gasteiger partial charge in [-0.3, -0.25) is 32.5 Å². The zero-order valence-corrected chi connectivity index (χ0v) is 41.5. The highest BCUT2D eigenvalue weighted by atomic mass is 32.2. The van der Waals surface area contributed by atoms with Crippen LogP contribution in [0.5, 0.6) is 0 Å². The van der Waals surface area contributed by atoms with Gasteiger partial charge in [0.1, 0.15) is 42.4 Å². The van der Waals surface area contributed by atoms with Crippen molar-refractivity contribution in [1.29, 1.82) is 0 Å². The van der Waals surface area contributed by atoms with E-state index in [-0.39, 0.29) is 47.4 Å². The molecule has 3 heterocycles.